The summed E-state index contributed by atoms with van der Waals surface area (Å²) in [6, 6.07) is 17.1. The summed E-state index contributed by atoms with van der Waals surface area (Å²) in [5, 5.41) is 6.82. The van der Waals surface area contributed by atoms with Crippen molar-refractivity contribution in [1.82, 2.24) is 15.5 Å². The zero-order valence-electron chi connectivity index (χ0n) is 14.8. The molecule has 1 heterocycles. The number of hydrogen-bond donors (Lipinski definition) is 1. The molecule has 1 atom stereocenters. The fourth-order valence-electron chi connectivity index (χ4n) is 2.72. The number of methoxy groups -OCH3 is 1. The van der Waals surface area contributed by atoms with E-state index in [-0.39, 0.29) is 18.4 Å². The van der Waals surface area contributed by atoms with Crippen molar-refractivity contribution >= 4 is 5.91 Å². The number of ether oxygens (including phenoxy) is 1. The van der Waals surface area contributed by atoms with E-state index >= 15 is 0 Å². The molecule has 1 amide bonds. The van der Waals surface area contributed by atoms with E-state index in [4.69, 9.17) is 9.26 Å². The van der Waals surface area contributed by atoms with Crippen LogP contribution in [0.1, 0.15) is 30.7 Å². The molecule has 0 unspecified atom stereocenters. The first kappa shape index (κ1) is 17.7. The molecule has 1 N–H and O–H groups in total. The number of aromatic nitrogens is 2. The van der Waals surface area contributed by atoms with Gasteiger partial charge in [-0.05, 0) is 36.2 Å². The Balaban J connectivity index is 1.63. The molecule has 6 nitrogen and oxygen atoms in total. The summed E-state index contributed by atoms with van der Waals surface area (Å²) < 4.78 is 10.4. The van der Waals surface area contributed by atoms with E-state index in [2.05, 4.69) is 15.5 Å². The zero-order chi connectivity index (χ0) is 18.4. The second-order valence-corrected chi connectivity index (χ2v) is 5.83. The Hall–Kier alpha value is -3.15. The van der Waals surface area contributed by atoms with Crippen molar-refractivity contribution in [2.24, 2.45) is 0 Å². The van der Waals surface area contributed by atoms with Gasteiger partial charge in [-0.25, -0.2) is 0 Å². The van der Waals surface area contributed by atoms with Gasteiger partial charge >= 0.3 is 0 Å². The lowest BCUT2D eigenvalue weighted by Gasteiger charge is -2.14. The summed E-state index contributed by atoms with van der Waals surface area (Å²) in [6.07, 6.45) is 0.721. The third-order valence-electron chi connectivity index (χ3n) is 4.15. The fraction of sp³-hybridized carbons (Fsp3) is 0.250. The molecule has 0 bridgehead atoms. The van der Waals surface area contributed by atoms with Gasteiger partial charge in [0.25, 0.3) is 5.89 Å². The molecule has 2 aromatic carbocycles. The average molecular weight is 351 g/mol. The van der Waals surface area contributed by atoms with Gasteiger partial charge in [0.2, 0.25) is 5.91 Å². The lowest BCUT2D eigenvalue weighted by atomic mass is 9.96. The van der Waals surface area contributed by atoms with Gasteiger partial charge in [-0.15, -0.1) is 0 Å². The summed E-state index contributed by atoms with van der Waals surface area (Å²) in [4.78, 5) is 16.8. The Bertz CT molecular complexity index is 844. The first-order valence-corrected chi connectivity index (χ1v) is 8.51. The molecule has 0 saturated heterocycles. The van der Waals surface area contributed by atoms with Gasteiger partial charge in [0.1, 0.15) is 5.75 Å². The SMILES string of the molecule is CC[C@H](C(=O)NCc1noc(-c2ccc(OC)cc2)n1)c1ccccc1. The number of rotatable bonds is 7. The molecule has 0 fully saturated rings. The van der Waals surface area contributed by atoms with E-state index in [1.807, 2.05) is 61.5 Å². The highest BCUT2D eigenvalue weighted by Crippen LogP contribution is 2.21. The van der Waals surface area contributed by atoms with E-state index in [1.54, 1.807) is 7.11 Å². The monoisotopic (exact) mass is 351 g/mol. The van der Waals surface area contributed by atoms with Crippen LogP contribution in [0.25, 0.3) is 11.5 Å². The van der Waals surface area contributed by atoms with Crippen LogP contribution in [-0.2, 0) is 11.3 Å². The maximum Gasteiger partial charge on any atom is 0.257 e. The summed E-state index contributed by atoms with van der Waals surface area (Å²) >= 11 is 0. The van der Waals surface area contributed by atoms with Gasteiger partial charge < -0.3 is 14.6 Å². The number of nitrogens with one attached hydrogen (secondary N) is 1. The molecular weight excluding hydrogens is 330 g/mol. The number of hydrogen-bond acceptors (Lipinski definition) is 5. The molecule has 0 radical (unpaired) electrons. The van der Waals surface area contributed by atoms with Crippen molar-refractivity contribution in [2.75, 3.05) is 7.11 Å². The molecule has 3 aromatic rings. The minimum Gasteiger partial charge on any atom is -0.497 e. The Morgan fingerprint density at radius 2 is 1.88 bits per heavy atom. The van der Waals surface area contributed by atoms with Crippen molar-refractivity contribution < 1.29 is 14.1 Å². The van der Waals surface area contributed by atoms with E-state index < -0.39 is 0 Å². The average Bonchev–Trinajstić information content (AvgIpc) is 3.17. The van der Waals surface area contributed by atoms with Crippen LogP contribution in [0.4, 0.5) is 0 Å². The normalized spacial score (nSPS) is 11.8. The van der Waals surface area contributed by atoms with Gasteiger partial charge in [0, 0.05) is 5.56 Å². The summed E-state index contributed by atoms with van der Waals surface area (Å²) in [6.45, 7) is 2.22. The minimum atomic E-state index is -0.191. The van der Waals surface area contributed by atoms with Crippen LogP contribution in [0.15, 0.2) is 59.1 Å². The molecule has 0 aliphatic carbocycles. The third kappa shape index (κ3) is 4.08. The van der Waals surface area contributed by atoms with Crippen LogP contribution in [0.5, 0.6) is 5.75 Å². The minimum absolute atomic E-state index is 0.0468. The highest BCUT2D eigenvalue weighted by molar-refractivity contribution is 5.83. The maximum absolute atomic E-state index is 12.5. The van der Waals surface area contributed by atoms with Gasteiger partial charge in [-0.1, -0.05) is 42.4 Å². The van der Waals surface area contributed by atoms with E-state index in [1.165, 1.54) is 0 Å². The Morgan fingerprint density at radius 1 is 1.15 bits per heavy atom. The Labute approximate surface area is 152 Å². The molecule has 0 spiro atoms. The van der Waals surface area contributed by atoms with Crippen molar-refractivity contribution in [2.45, 2.75) is 25.8 Å². The summed E-state index contributed by atoms with van der Waals surface area (Å²) in [5.41, 5.74) is 1.80. The molecular formula is C20H21N3O3. The molecule has 0 aliphatic rings. The highest BCUT2D eigenvalue weighted by Gasteiger charge is 2.19. The van der Waals surface area contributed by atoms with Crippen LogP contribution in [0.2, 0.25) is 0 Å². The number of carbonyl (C=O) groups is 1. The van der Waals surface area contributed by atoms with Crippen LogP contribution in [0.3, 0.4) is 0 Å². The zero-order valence-corrected chi connectivity index (χ0v) is 14.8. The first-order valence-electron chi connectivity index (χ1n) is 8.51. The van der Waals surface area contributed by atoms with Gasteiger partial charge in [0.05, 0.1) is 19.6 Å². The van der Waals surface area contributed by atoms with Crippen LogP contribution < -0.4 is 10.1 Å². The van der Waals surface area contributed by atoms with Crippen molar-refractivity contribution in [3.63, 3.8) is 0 Å². The van der Waals surface area contributed by atoms with Crippen molar-refractivity contribution in [3.8, 4) is 17.2 Å². The number of carbonyl (C=O) groups excluding carboxylic acids is 1. The van der Waals surface area contributed by atoms with Crippen LogP contribution in [0, 0.1) is 0 Å². The second kappa shape index (κ2) is 8.29. The lowest BCUT2D eigenvalue weighted by Crippen LogP contribution is -2.29. The lowest BCUT2D eigenvalue weighted by molar-refractivity contribution is -0.122. The van der Waals surface area contributed by atoms with Crippen LogP contribution >= 0.6 is 0 Å². The summed E-state index contributed by atoms with van der Waals surface area (Å²) in [5.74, 6) is 1.37. The quantitative estimate of drug-likeness (QED) is 0.704. The van der Waals surface area contributed by atoms with Gasteiger partial charge in [0.15, 0.2) is 5.82 Å². The van der Waals surface area contributed by atoms with Crippen molar-refractivity contribution in [3.05, 3.63) is 66.0 Å². The first-order chi connectivity index (χ1) is 12.7. The second-order valence-electron chi connectivity index (χ2n) is 5.83. The van der Waals surface area contributed by atoms with Crippen LogP contribution in [-0.4, -0.2) is 23.2 Å². The molecule has 6 heteroatoms. The smallest absolute Gasteiger partial charge is 0.257 e. The Kier molecular flexibility index (Phi) is 5.63. The number of benzene rings is 2. The number of amides is 1. The predicted molar refractivity (Wildman–Crippen MR) is 97.6 cm³/mol. The molecule has 26 heavy (non-hydrogen) atoms. The summed E-state index contributed by atoms with van der Waals surface area (Å²) in [7, 11) is 1.61. The van der Waals surface area contributed by atoms with E-state index in [0.717, 1.165) is 23.3 Å². The molecule has 0 aliphatic heterocycles. The molecule has 3 rings (SSSR count). The standard InChI is InChI=1S/C20H21N3O3/c1-3-17(14-7-5-4-6-8-14)19(24)21-13-18-22-20(26-23-18)15-9-11-16(25-2)12-10-15/h4-12,17H,3,13H2,1-2H3,(H,21,24)/t17-/m0/s1. The largest absolute Gasteiger partial charge is 0.497 e. The van der Waals surface area contributed by atoms with E-state index in [0.29, 0.717) is 11.7 Å². The third-order valence-corrected chi connectivity index (χ3v) is 4.15. The topological polar surface area (TPSA) is 77.2 Å². The molecule has 0 saturated carbocycles. The van der Waals surface area contributed by atoms with Crippen molar-refractivity contribution in [1.29, 1.82) is 0 Å². The van der Waals surface area contributed by atoms with E-state index in [9.17, 15) is 4.79 Å². The maximum atomic E-state index is 12.5. The van der Waals surface area contributed by atoms with Gasteiger partial charge in [-0.3, -0.25) is 4.79 Å². The fourth-order valence-corrected chi connectivity index (χ4v) is 2.72. The van der Waals surface area contributed by atoms with Gasteiger partial charge in [-0.2, -0.15) is 4.98 Å². The molecule has 134 valence electrons. The number of nitrogens with zero attached hydrogens (tertiary/aromatic N) is 2. The Morgan fingerprint density at radius 3 is 2.54 bits per heavy atom. The predicted octanol–water partition coefficient (Wildman–Crippen LogP) is 3.56. The molecule has 1 aromatic heterocycles. The highest BCUT2D eigenvalue weighted by atomic mass is 16.5.